The van der Waals surface area contributed by atoms with Gasteiger partial charge in [-0.05, 0) is 18.3 Å². The Bertz CT molecular complexity index is 496. The number of ether oxygens (including phenoxy) is 1. The van der Waals surface area contributed by atoms with E-state index < -0.39 is 12.0 Å². The number of H-pyrrole nitrogens is 1. The molecular weight excluding hydrogens is 270 g/mol. The molecule has 116 valence electrons. The summed E-state index contributed by atoms with van der Waals surface area (Å²) in [5, 5.41) is 2.84. The van der Waals surface area contributed by atoms with Crippen LogP contribution in [0.1, 0.15) is 38.8 Å². The maximum Gasteiger partial charge on any atom is 0.328 e. The third-order valence-corrected chi connectivity index (χ3v) is 4.35. The summed E-state index contributed by atoms with van der Waals surface area (Å²) in [5.74, 6) is -0.549. The maximum absolute atomic E-state index is 12.5. The predicted octanol–water partition coefficient (Wildman–Crippen LogP) is 1.44. The highest BCUT2D eigenvalue weighted by Gasteiger charge is 2.40. The van der Waals surface area contributed by atoms with Crippen LogP contribution >= 0.6 is 0 Å². The molecule has 1 saturated carbocycles. The highest BCUT2D eigenvalue weighted by atomic mass is 16.5. The molecule has 0 aliphatic heterocycles. The number of nitrogens with zero attached hydrogens (tertiary/aromatic N) is 1. The number of nitrogens with one attached hydrogen (secondary N) is 2. The third-order valence-electron chi connectivity index (χ3n) is 4.35. The Morgan fingerprint density at radius 2 is 2.33 bits per heavy atom. The fourth-order valence-electron chi connectivity index (χ4n) is 3.04. The molecule has 2 N–H and O–H groups in total. The number of imidazole rings is 1. The summed E-state index contributed by atoms with van der Waals surface area (Å²) in [6, 6.07) is -0.681. The van der Waals surface area contributed by atoms with Gasteiger partial charge in [0.25, 0.3) is 0 Å². The lowest BCUT2D eigenvalue weighted by molar-refractivity contribution is -0.146. The van der Waals surface area contributed by atoms with Gasteiger partial charge in [-0.3, -0.25) is 4.79 Å². The number of carbonyl (C=O) groups is 2. The van der Waals surface area contributed by atoms with Crippen LogP contribution < -0.4 is 5.32 Å². The van der Waals surface area contributed by atoms with E-state index in [1.165, 1.54) is 7.11 Å². The van der Waals surface area contributed by atoms with Crippen molar-refractivity contribution in [2.75, 3.05) is 7.11 Å². The highest BCUT2D eigenvalue weighted by Crippen LogP contribution is 2.42. The number of esters is 1. The normalized spacial score (nSPS) is 21.8. The van der Waals surface area contributed by atoms with Crippen LogP contribution in [0.25, 0.3) is 0 Å². The molecule has 2 atom stereocenters. The number of amides is 1. The second kappa shape index (κ2) is 6.28. The van der Waals surface area contributed by atoms with Gasteiger partial charge in [0.2, 0.25) is 5.91 Å². The number of aromatic nitrogens is 2. The van der Waals surface area contributed by atoms with Crippen molar-refractivity contribution in [2.45, 2.75) is 45.6 Å². The van der Waals surface area contributed by atoms with Gasteiger partial charge < -0.3 is 15.0 Å². The Morgan fingerprint density at radius 1 is 1.57 bits per heavy atom. The second-order valence-corrected chi connectivity index (χ2v) is 6.30. The standard InChI is InChI=1S/C15H23N3O3/c1-15(2)6-4-5-11(15)13(19)18-12(14(20)21-3)7-10-8-16-9-17-10/h8-9,11-12H,4-7H2,1-3H3,(H,16,17)(H,18,19)/t11?,12-/m0/s1. The quantitative estimate of drug-likeness (QED) is 0.805. The molecule has 1 aromatic heterocycles. The molecule has 0 radical (unpaired) electrons. The molecule has 1 amide bonds. The van der Waals surface area contributed by atoms with E-state index >= 15 is 0 Å². The summed E-state index contributed by atoms with van der Waals surface area (Å²) in [6.45, 7) is 4.21. The van der Waals surface area contributed by atoms with Gasteiger partial charge in [0.1, 0.15) is 6.04 Å². The highest BCUT2D eigenvalue weighted by molar-refractivity contribution is 5.86. The fourth-order valence-corrected chi connectivity index (χ4v) is 3.04. The smallest absolute Gasteiger partial charge is 0.328 e. The first-order valence-electron chi connectivity index (χ1n) is 7.29. The van der Waals surface area contributed by atoms with Gasteiger partial charge in [0, 0.05) is 24.2 Å². The molecule has 0 bridgehead atoms. The molecule has 0 saturated heterocycles. The van der Waals surface area contributed by atoms with Crippen molar-refractivity contribution >= 4 is 11.9 Å². The van der Waals surface area contributed by atoms with Gasteiger partial charge >= 0.3 is 5.97 Å². The number of hydrogen-bond donors (Lipinski definition) is 2. The first-order chi connectivity index (χ1) is 9.94. The van der Waals surface area contributed by atoms with Gasteiger partial charge in [-0.25, -0.2) is 9.78 Å². The van der Waals surface area contributed by atoms with E-state index in [4.69, 9.17) is 4.74 Å². The second-order valence-electron chi connectivity index (χ2n) is 6.30. The summed E-state index contributed by atoms with van der Waals surface area (Å²) in [6.07, 6.45) is 6.50. The van der Waals surface area contributed by atoms with Crippen LogP contribution in [-0.4, -0.2) is 35.0 Å². The maximum atomic E-state index is 12.5. The Labute approximate surface area is 124 Å². The summed E-state index contributed by atoms with van der Waals surface area (Å²) in [5.41, 5.74) is 0.773. The van der Waals surface area contributed by atoms with Crippen LogP contribution in [0.3, 0.4) is 0 Å². The van der Waals surface area contributed by atoms with E-state index in [-0.39, 0.29) is 17.2 Å². The minimum Gasteiger partial charge on any atom is -0.467 e. The number of methoxy groups -OCH3 is 1. The molecule has 21 heavy (non-hydrogen) atoms. The van der Waals surface area contributed by atoms with E-state index in [1.54, 1.807) is 12.5 Å². The van der Waals surface area contributed by atoms with Crippen LogP contribution in [0.5, 0.6) is 0 Å². The first kappa shape index (κ1) is 15.5. The summed E-state index contributed by atoms with van der Waals surface area (Å²) in [4.78, 5) is 31.2. The van der Waals surface area contributed by atoms with Crippen molar-refractivity contribution in [3.63, 3.8) is 0 Å². The Morgan fingerprint density at radius 3 is 2.86 bits per heavy atom. The van der Waals surface area contributed by atoms with E-state index in [2.05, 4.69) is 29.1 Å². The van der Waals surface area contributed by atoms with Crippen LogP contribution in [0.2, 0.25) is 0 Å². The monoisotopic (exact) mass is 293 g/mol. The summed E-state index contributed by atoms with van der Waals surface area (Å²) >= 11 is 0. The molecule has 1 aliphatic carbocycles. The molecule has 6 nitrogen and oxygen atoms in total. The van der Waals surface area contributed by atoms with Gasteiger partial charge in [0.05, 0.1) is 13.4 Å². The minimum atomic E-state index is -0.681. The lowest BCUT2D eigenvalue weighted by Crippen LogP contribution is -2.47. The number of carbonyl (C=O) groups excluding carboxylic acids is 2. The Balaban J connectivity index is 2.04. The molecule has 6 heteroatoms. The number of hydrogen-bond acceptors (Lipinski definition) is 4. The number of aromatic amines is 1. The van der Waals surface area contributed by atoms with E-state index in [9.17, 15) is 9.59 Å². The van der Waals surface area contributed by atoms with Gasteiger partial charge in [0.15, 0.2) is 0 Å². The molecule has 1 unspecified atom stereocenters. The first-order valence-corrected chi connectivity index (χ1v) is 7.29. The predicted molar refractivity (Wildman–Crippen MR) is 77.4 cm³/mol. The largest absolute Gasteiger partial charge is 0.467 e. The Kier molecular flexibility index (Phi) is 4.65. The van der Waals surface area contributed by atoms with Crippen molar-refractivity contribution in [1.82, 2.24) is 15.3 Å². The molecule has 0 aromatic carbocycles. The Hall–Kier alpha value is -1.85. The van der Waals surface area contributed by atoms with E-state index in [0.29, 0.717) is 6.42 Å². The van der Waals surface area contributed by atoms with Crippen LogP contribution in [0.4, 0.5) is 0 Å². The SMILES string of the molecule is COC(=O)[C@H](Cc1cnc[nH]1)NC(=O)C1CCCC1(C)C. The van der Waals surface area contributed by atoms with Crippen LogP contribution in [-0.2, 0) is 20.7 Å². The van der Waals surface area contributed by atoms with Crippen molar-refractivity contribution in [3.8, 4) is 0 Å². The van der Waals surface area contributed by atoms with E-state index in [0.717, 1.165) is 25.0 Å². The summed E-state index contributed by atoms with van der Waals surface area (Å²) in [7, 11) is 1.33. The topological polar surface area (TPSA) is 84.1 Å². The third kappa shape index (κ3) is 3.62. The van der Waals surface area contributed by atoms with Crippen molar-refractivity contribution in [3.05, 3.63) is 18.2 Å². The van der Waals surface area contributed by atoms with Crippen LogP contribution in [0, 0.1) is 11.3 Å². The van der Waals surface area contributed by atoms with E-state index in [1.807, 2.05) is 0 Å². The van der Waals surface area contributed by atoms with Gasteiger partial charge in [-0.2, -0.15) is 0 Å². The van der Waals surface area contributed by atoms with Crippen molar-refractivity contribution < 1.29 is 14.3 Å². The van der Waals surface area contributed by atoms with Gasteiger partial charge in [-0.1, -0.05) is 20.3 Å². The zero-order valence-corrected chi connectivity index (χ0v) is 12.8. The molecule has 0 spiro atoms. The van der Waals surface area contributed by atoms with Gasteiger partial charge in [-0.15, -0.1) is 0 Å². The zero-order chi connectivity index (χ0) is 15.5. The number of rotatable bonds is 5. The minimum absolute atomic E-state index is 0.0151. The lowest BCUT2D eigenvalue weighted by atomic mass is 9.81. The fraction of sp³-hybridized carbons (Fsp3) is 0.667. The van der Waals surface area contributed by atoms with Crippen molar-refractivity contribution in [2.24, 2.45) is 11.3 Å². The average molecular weight is 293 g/mol. The molecule has 1 fully saturated rings. The molecular formula is C15H23N3O3. The van der Waals surface area contributed by atoms with Crippen LogP contribution in [0.15, 0.2) is 12.5 Å². The molecule has 1 aromatic rings. The molecule has 2 rings (SSSR count). The molecule has 1 heterocycles. The summed E-state index contributed by atoms with van der Waals surface area (Å²) < 4.78 is 4.79. The molecule has 1 aliphatic rings. The zero-order valence-electron chi connectivity index (χ0n) is 12.8. The lowest BCUT2D eigenvalue weighted by Gasteiger charge is -2.27. The average Bonchev–Trinajstić information content (AvgIpc) is 3.05. The van der Waals surface area contributed by atoms with Crippen molar-refractivity contribution in [1.29, 1.82) is 0 Å².